The van der Waals surface area contributed by atoms with Crippen LogP contribution in [0.4, 0.5) is 18.9 Å². The van der Waals surface area contributed by atoms with Gasteiger partial charge in [0.1, 0.15) is 0 Å². The van der Waals surface area contributed by atoms with Crippen molar-refractivity contribution in [2.45, 2.75) is 6.18 Å². The number of hydrogen-bond acceptors (Lipinski definition) is 2. The molecule has 0 saturated carbocycles. The van der Waals surface area contributed by atoms with E-state index < -0.39 is 17.0 Å². The quantitative estimate of drug-likeness (QED) is 0.638. The minimum absolute atomic E-state index is 0.0127. The van der Waals surface area contributed by atoms with Crippen LogP contribution in [0, 0.1) is 0 Å². The Morgan fingerprint density at radius 3 is 2.33 bits per heavy atom. The number of anilines is 1. The molecule has 0 aromatic heterocycles. The molecule has 2 nitrogen and oxygen atoms in total. The van der Waals surface area contributed by atoms with Crippen molar-refractivity contribution < 1.29 is 18.0 Å². The van der Waals surface area contributed by atoms with Crippen LogP contribution in [0.5, 0.6) is 0 Å². The molecule has 15 heavy (non-hydrogen) atoms. The van der Waals surface area contributed by atoms with E-state index in [0.29, 0.717) is 6.07 Å². The third kappa shape index (κ3) is 2.63. The summed E-state index contributed by atoms with van der Waals surface area (Å²) in [6, 6.07) is 1.41. The molecule has 0 aliphatic carbocycles. The van der Waals surface area contributed by atoms with E-state index in [1.807, 2.05) is 0 Å². The molecule has 7 heteroatoms. The Hall–Kier alpha value is -0.750. The zero-order chi connectivity index (χ0) is 11.8. The molecule has 1 aromatic rings. The van der Waals surface area contributed by atoms with Crippen molar-refractivity contribution in [3.63, 3.8) is 0 Å². The number of carbonyl (C=O) groups is 1. The normalized spacial score (nSPS) is 11.5. The van der Waals surface area contributed by atoms with Crippen molar-refractivity contribution in [2.24, 2.45) is 0 Å². The molecule has 0 spiro atoms. The summed E-state index contributed by atoms with van der Waals surface area (Å²) in [7, 11) is 0. The largest absolute Gasteiger partial charge is 0.416 e. The van der Waals surface area contributed by atoms with Gasteiger partial charge in [-0.1, -0.05) is 0 Å². The average molecular weight is 302 g/mol. The number of carbonyl (C=O) groups excluding carboxylic acids is 1. The summed E-state index contributed by atoms with van der Waals surface area (Å²) in [6.07, 6.45) is -4.54. The molecule has 0 aliphatic heterocycles. The predicted octanol–water partition coefficient (Wildman–Crippen LogP) is 3.43. The minimum atomic E-state index is -4.54. The van der Waals surface area contributed by atoms with Crippen molar-refractivity contribution in [2.75, 3.05) is 5.73 Å². The highest BCUT2D eigenvalue weighted by Crippen LogP contribution is 2.35. The van der Waals surface area contributed by atoms with E-state index in [1.54, 1.807) is 0 Å². The molecule has 0 heterocycles. The molecule has 0 bridgehead atoms. The second-order valence-electron chi connectivity index (χ2n) is 2.69. The molecule has 2 N–H and O–H groups in total. The van der Waals surface area contributed by atoms with E-state index in [-0.39, 0.29) is 15.7 Å². The summed E-state index contributed by atoms with van der Waals surface area (Å²) < 4.78 is 37.0. The number of benzene rings is 1. The number of halogens is 5. The summed E-state index contributed by atoms with van der Waals surface area (Å²) >= 11 is 7.92. The fourth-order valence-electron chi connectivity index (χ4n) is 0.944. The van der Waals surface area contributed by atoms with Gasteiger partial charge in [0.25, 0.3) is 5.24 Å². The fourth-order valence-corrected chi connectivity index (χ4v) is 1.56. The van der Waals surface area contributed by atoms with E-state index in [1.165, 1.54) is 0 Å². The summed E-state index contributed by atoms with van der Waals surface area (Å²) in [6.45, 7) is 0. The van der Waals surface area contributed by atoms with Crippen molar-refractivity contribution >= 4 is 38.5 Å². The van der Waals surface area contributed by atoms with Crippen molar-refractivity contribution in [3.8, 4) is 0 Å². The Morgan fingerprint density at radius 1 is 1.40 bits per heavy atom. The maximum absolute atomic E-state index is 12.3. The third-order valence-corrected chi connectivity index (χ3v) is 2.53. The zero-order valence-electron chi connectivity index (χ0n) is 7.03. The molecule has 1 rings (SSSR count). The third-order valence-electron chi connectivity index (χ3n) is 1.67. The first-order valence-corrected chi connectivity index (χ1v) is 4.76. The summed E-state index contributed by atoms with van der Waals surface area (Å²) in [5, 5.41) is -1.03. The van der Waals surface area contributed by atoms with E-state index in [0.717, 1.165) is 6.07 Å². The van der Waals surface area contributed by atoms with Crippen LogP contribution in [0.25, 0.3) is 0 Å². The van der Waals surface area contributed by atoms with Crippen molar-refractivity contribution in [1.82, 2.24) is 0 Å². The van der Waals surface area contributed by atoms with Crippen LogP contribution >= 0.6 is 27.5 Å². The summed E-state index contributed by atoms with van der Waals surface area (Å²) in [4.78, 5) is 10.8. The van der Waals surface area contributed by atoms with Gasteiger partial charge in [0.15, 0.2) is 0 Å². The Bertz CT molecular complexity index is 419. The molecule has 82 valence electrons. The molecule has 0 fully saturated rings. The van der Waals surface area contributed by atoms with Gasteiger partial charge >= 0.3 is 6.18 Å². The Balaban J connectivity index is 3.43. The van der Waals surface area contributed by atoms with Gasteiger partial charge in [0, 0.05) is 4.47 Å². The lowest BCUT2D eigenvalue weighted by Gasteiger charge is -2.10. The summed E-state index contributed by atoms with van der Waals surface area (Å²) in [5.74, 6) is 0. The number of alkyl halides is 3. The van der Waals surface area contributed by atoms with Crippen LogP contribution in [0.3, 0.4) is 0 Å². The van der Waals surface area contributed by atoms with Crippen LogP contribution in [0.2, 0.25) is 0 Å². The van der Waals surface area contributed by atoms with E-state index in [9.17, 15) is 18.0 Å². The number of hydrogen-bond donors (Lipinski definition) is 1. The lowest BCUT2D eigenvalue weighted by molar-refractivity contribution is -0.137. The number of nitrogens with two attached hydrogens (primary N) is 1. The molecular weight excluding hydrogens is 298 g/mol. The van der Waals surface area contributed by atoms with Gasteiger partial charge in [-0.15, -0.1) is 0 Å². The standard InChI is InChI=1S/C8H4BrClF3NO/c9-5-2-3(8(11,12)13)1-4(6(5)14)7(10)15/h1-2H,14H2. The van der Waals surface area contributed by atoms with Crippen LogP contribution < -0.4 is 5.73 Å². The van der Waals surface area contributed by atoms with Crippen molar-refractivity contribution in [1.29, 1.82) is 0 Å². The zero-order valence-corrected chi connectivity index (χ0v) is 9.37. The topological polar surface area (TPSA) is 43.1 Å². The smallest absolute Gasteiger partial charge is 0.397 e. The van der Waals surface area contributed by atoms with E-state index >= 15 is 0 Å². The molecule has 1 aromatic carbocycles. The Morgan fingerprint density at radius 2 is 1.93 bits per heavy atom. The SMILES string of the molecule is Nc1c(Br)cc(C(F)(F)F)cc1C(=O)Cl. The maximum atomic E-state index is 12.3. The minimum Gasteiger partial charge on any atom is -0.397 e. The first-order valence-electron chi connectivity index (χ1n) is 3.59. The fraction of sp³-hybridized carbons (Fsp3) is 0.125. The Kier molecular flexibility index (Phi) is 3.30. The maximum Gasteiger partial charge on any atom is 0.416 e. The van der Waals surface area contributed by atoms with Crippen LogP contribution in [-0.2, 0) is 6.18 Å². The van der Waals surface area contributed by atoms with Gasteiger partial charge in [-0.2, -0.15) is 13.2 Å². The van der Waals surface area contributed by atoms with Gasteiger partial charge in [-0.3, -0.25) is 4.79 Å². The van der Waals surface area contributed by atoms with Crippen LogP contribution in [0.15, 0.2) is 16.6 Å². The predicted molar refractivity (Wildman–Crippen MR) is 53.7 cm³/mol. The van der Waals surface area contributed by atoms with Gasteiger partial charge in [-0.05, 0) is 39.7 Å². The Labute approximate surface area is 96.3 Å². The van der Waals surface area contributed by atoms with E-state index in [2.05, 4.69) is 15.9 Å². The van der Waals surface area contributed by atoms with Gasteiger partial charge in [0.05, 0.1) is 16.8 Å². The molecule has 0 aliphatic rings. The van der Waals surface area contributed by atoms with Gasteiger partial charge < -0.3 is 5.73 Å². The second-order valence-corrected chi connectivity index (χ2v) is 3.89. The average Bonchev–Trinajstić information content (AvgIpc) is 2.06. The van der Waals surface area contributed by atoms with Crippen LogP contribution in [-0.4, -0.2) is 5.24 Å². The molecule has 0 amide bonds. The lowest BCUT2D eigenvalue weighted by atomic mass is 10.1. The highest BCUT2D eigenvalue weighted by molar-refractivity contribution is 9.10. The summed E-state index contributed by atoms with van der Waals surface area (Å²) in [5.41, 5.74) is 3.93. The molecule has 0 radical (unpaired) electrons. The highest BCUT2D eigenvalue weighted by atomic mass is 79.9. The molecule has 0 saturated heterocycles. The van der Waals surface area contributed by atoms with Crippen LogP contribution in [0.1, 0.15) is 15.9 Å². The monoisotopic (exact) mass is 301 g/mol. The molecular formula is C8H4BrClF3NO. The first kappa shape index (κ1) is 12.3. The second kappa shape index (κ2) is 4.02. The van der Waals surface area contributed by atoms with Gasteiger partial charge in [-0.25, -0.2) is 0 Å². The number of rotatable bonds is 1. The lowest BCUT2D eigenvalue weighted by Crippen LogP contribution is -2.08. The highest BCUT2D eigenvalue weighted by Gasteiger charge is 2.32. The number of nitrogen functional groups attached to an aromatic ring is 1. The molecule has 0 unspecified atom stereocenters. The van der Waals surface area contributed by atoms with Gasteiger partial charge in [0.2, 0.25) is 0 Å². The van der Waals surface area contributed by atoms with E-state index in [4.69, 9.17) is 17.3 Å². The molecule has 0 atom stereocenters. The first-order chi connectivity index (χ1) is 6.73. The van der Waals surface area contributed by atoms with Crippen molar-refractivity contribution in [3.05, 3.63) is 27.7 Å².